The summed E-state index contributed by atoms with van der Waals surface area (Å²) in [6, 6.07) is 41.3. The minimum absolute atomic E-state index is 0. The summed E-state index contributed by atoms with van der Waals surface area (Å²) in [6.45, 7) is 5.65. The quantitative estimate of drug-likeness (QED) is 0.0254. The molecule has 0 aliphatic heterocycles. The van der Waals surface area contributed by atoms with Crippen LogP contribution in [-0.2, 0) is 76.8 Å². The number of Topliss-reactive ketones (excluding diaryl/α,β-unsaturated/α-hetero) is 1. The van der Waals surface area contributed by atoms with Gasteiger partial charge in [0.05, 0.1) is 60.5 Å². The number of esters is 2. The molecule has 0 aliphatic carbocycles. The minimum Gasteiger partial charge on any atom is -0.870 e. The molecule has 0 saturated carbocycles. The molecule has 83 heavy (non-hydrogen) atoms. The number of carboxylic acids is 1. The average Bonchev–Trinajstić information content (AvgIpc) is 3.63. The Morgan fingerprint density at radius 2 is 0.892 bits per heavy atom. The molecular weight excluding hydrogens is 1050 g/mol. The van der Waals surface area contributed by atoms with E-state index in [9.17, 15) is 33.6 Å². The SMILES string of the molecule is COC(=O)CCc1cccn2c(Cc3ccccc3)c(C)c(C(=O)C(N)=O)c12.COC(=O)CNc1cccn2c(Cc3ccccc3)c(C)c(CC(N)=O)c12.Cc1c(CC(N)=O)c2c(NCC(=O)O)cccn2c1Cc1ccccc1.[Li+].[OH-]. The van der Waals surface area contributed by atoms with Crippen molar-refractivity contribution in [2.75, 3.05) is 37.9 Å². The normalized spacial score (nSPS) is 10.5. The van der Waals surface area contributed by atoms with E-state index >= 15 is 0 Å². The number of methoxy groups -OCH3 is 2. The third-order valence-corrected chi connectivity index (χ3v) is 14.0. The van der Waals surface area contributed by atoms with E-state index in [-0.39, 0.29) is 74.5 Å². The van der Waals surface area contributed by atoms with Crippen LogP contribution in [0.5, 0.6) is 0 Å². The van der Waals surface area contributed by atoms with Gasteiger partial charge < -0.3 is 61.1 Å². The first kappa shape index (κ1) is 64.4. The maximum atomic E-state index is 12.6. The predicted molar refractivity (Wildman–Crippen MR) is 312 cm³/mol. The zero-order valence-electron chi connectivity index (χ0n) is 47.4. The van der Waals surface area contributed by atoms with Gasteiger partial charge in [-0.05, 0) is 108 Å². The number of fused-ring (bicyclic) bond motifs is 3. The van der Waals surface area contributed by atoms with Gasteiger partial charge in [0.1, 0.15) is 13.1 Å². The number of hydrogen-bond donors (Lipinski definition) is 6. The molecule has 0 fully saturated rings. The van der Waals surface area contributed by atoms with E-state index in [2.05, 4.69) is 39.3 Å². The number of aryl methyl sites for hydroxylation is 1. The molecule has 10 N–H and O–H groups in total. The molecule has 19 nitrogen and oxygen atoms in total. The predicted octanol–water partition coefficient (Wildman–Crippen LogP) is 4.25. The molecule has 6 aromatic heterocycles. The van der Waals surface area contributed by atoms with Crippen molar-refractivity contribution in [1.82, 2.24) is 13.2 Å². The molecule has 9 aromatic rings. The van der Waals surface area contributed by atoms with Crippen molar-refractivity contribution in [3.05, 3.63) is 219 Å². The Bertz CT molecular complexity index is 3780. The summed E-state index contributed by atoms with van der Waals surface area (Å²) in [4.78, 5) is 81.6. The smallest absolute Gasteiger partial charge is 0.870 e. The van der Waals surface area contributed by atoms with Crippen molar-refractivity contribution in [2.45, 2.75) is 65.7 Å². The number of benzene rings is 3. The summed E-state index contributed by atoms with van der Waals surface area (Å²) in [5.74, 6) is -4.17. The van der Waals surface area contributed by atoms with Crippen LogP contribution in [0.4, 0.5) is 11.4 Å². The number of rotatable bonds is 21. The number of hydrogen-bond acceptors (Lipinski definition) is 12. The number of ketones is 1. The van der Waals surface area contributed by atoms with Crippen LogP contribution in [0.15, 0.2) is 146 Å². The molecular formula is C63H67LiN8O11. The molecule has 3 amide bonds. The number of carboxylic acid groups (broad SMARTS) is 1. The number of carbonyl (C=O) groups excluding carboxylic acids is 6. The summed E-state index contributed by atoms with van der Waals surface area (Å²) in [6.07, 6.45) is 8.60. The Labute approximate surface area is 492 Å². The van der Waals surface area contributed by atoms with Crippen molar-refractivity contribution in [2.24, 2.45) is 17.2 Å². The molecule has 0 aliphatic rings. The first-order valence-electron chi connectivity index (χ1n) is 26.1. The number of pyridine rings is 3. The number of ether oxygens (including phenoxy) is 2. The Morgan fingerprint density at radius 1 is 0.506 bits per heavy atom. The fourth-order valence-electron chi connectivity index (χ4n) is 10.1. The maximum absolute atomic E-state index is 12.6. The van der Waals surface area contributed by atoms with Gasteiger partial charge >= 0.3 is 36.8 Å². The van der Waals surface area contributed by atoms with Crippen molar-refractivity contribution < 1.29 is 72.5 Å². The van der Waals surface area contributed by atoms with E-state index in [1.165, 1.54) is 19.8 Å². The summed E-state index contributed by atoms with van der Waals surface area (Å²) in [5, 5.41) is 15.0. The van der Waals surface area contributed by atoms with Gasteiger partial charge in [0.25, 0.3) is 11.7 Å². The number of aliphatic carboxylic acids is 1. The van der Waals surface area contributed by atoms with Crippen molar-refractivity contribution in [3.63, 3.8) is 0 Å². The Kier molecular flexibility index (Phi) is 23.2. The molecule has 0 atom stereocenters. The van der Waals surface area contributed by atoms with Crippen LogP contribution in [0, 0.1) is 20.8 Å². The second-order valence-electron chi connectivity index (χ2n) is 19.3. The number of carbonyl (C=O) groups is 7. The van der Waals surface area contributed by atoms with Crippen LogP contribution in [0.25, 0.3) is 16.6 Å². The second-order valence-corrected chi connectivity index (χ2v) is 19.3. The summed E-state index contributed by atoms with van der Waals surface area (Å²) in [5.41, 5.74) is 32.0. The summed E-state index contributed by atoms with van der Waals surface area (Å²) in [7, 11) is 2.69. The molecule has 6 heterocycles. The van der Waals surface area contributed by atoms with Crippen LogP contribution in [-0.4, -0.2) is 92.5 Å². The summed E-state index contributed by atoms with van der Waals surface area (Å²) < 4.78 is 15.4. The Hall–Kier alpha value is -9.41. The molecule has 426 valence electrons. The van der Waals surface area contributed by atoms with Gasteiger partial charge in [0.2, 0.25) is 11.8 Å². The van der Waals surface area contributed by atoms with Crippen molar-refractivity contribution in [1.29, 1.82) is 0 Å². The number of primary amides is 3. The van der Waals surface area contributed by atoms with Crippen LogP contribution < -0.4 is 46.7 Å². The molecule has 0 saturated heterocycles. The van der Waals surface area contributed by atoms with Gasteiger partial charge in [-0.15, -0.1) is 0 Å². The molecule has 0 spiro atoms. The van der Waals surface area contributed by atoms with E-state index in [4.69, 9.17) is 31.8 Å². The first-order chi connectivity index (χ1) is 38.9. The topological polar surface area (TPSA) is 304 Å². The van der Waals surface area contributed by atoms with Gasteiger partial charge in [-0.3, -0.25) is 33.6 Å². The zero-order chi connectivity index (χ0) is 58.3. The zero-order valence-corrected chi connectivity index (χ0v) is 47.4. The monoisotopic (exact) mass is 1120 g/mol. The van der Waals surface area contributed by atoms with Crippen LogP contribution in [0.1, 0.15) is 83.9 Å². The van der Waals surface area contributed by atoms with E-state index in [1.807, 2.05) is 151 Å². The van der Waals surface area contributed by atoms with E-state index in [0.29, 0.717) is 36.0 Å². The maximum Gasteiger partial charge on any atom is 1.00 e. The summed E-state index contributed by atoms with van der Waals surface area (Å²) >= 11 is 0. The van der Waals surface area contributed by atoms with Crippen LogP contribution in [0.3, 0.4) is 0 Å². The van der Waals surface area contributed by atoms with Gasteiger partial charge in [0.15, 0.2) is 0 Å². The van der Waals surface area contributed by atoms with Gasteiger partial charge in [-0.1, -0.05) is 97.1 Å². The van der Waals surface area contributed by atoms with Gasteiger partial charge in [-0.2, -0.15) is 0 Å². The van der Waals surface area contributed by atoms with Gasteiger partial charge in [-0.25, -0.2) is 0 Å². The largest absolute Gasteiger partial charge is 1.00 e. The number of amides is 3. The third-order valence-electron chi connectivity index (χ3n) is 14.0. The third kappa shape index (κ3) is 15.7. The standard InChI is InChI=1S/C22H22N2O4.C21H23N3O3.C20H21N3O3.Li.H2O/c1-14-17(13-15-7-4-3-5-8-15)24-12-6-9-16(10-11-18(25)28-2)20(24)19(14)21(26)22(23)27;1-14-16(12-19(22)25)21-17(23-13-20(26)27-2)9-6-10-24(21)18(14)11-15-7-4-3-5-8-15;1-13-15(11-18(21)24)20-16(22-12-19(25)26)8-5-9-23(20)17(13)10-14-6-3-2-4-7-14;;/h3-9,12H,10-11,13H2,1-2H3,(H2,23,27);3-10,23H,11-13H2,1-2H3,(H2,22,25);2-9,22H,10-12H2,1H3,(H2,21,24)(H,25,26);;1H2/q;;;+1;/p-1. The van der Waals surface area contributed by atoms with Crippen LogP contribution >= 0.6 is 0 Å². The number of anilines is 2. The minimum atomic E-state index is -0.996. The average molecular weight is 1120 g/mol. The molecule has 9 rings (SSSR count). The van der Waals surface area contributed by atoms with Crippen LogP contribution in [0.2, 0.25) is 0 Å². The van der Waals surface area contributed by atoms with E-state index < -0.39 is 23.6 Å². The van der Waals surface area contributed by atoms with E-state index in [0.717, 1.165) is 84.7 Å². The van der Waals surface area contributed by atoms with Crippen molar-refractivity contribution in [3.8, 4) is 0 Å². The van der Waals surface area contributed by atoms with E-state index in [1.54, 1.807) is 0 Å². The molecule has 0 radical (unpaired) electrons. The Balaban J connectivity index is 0.000000225. The number of nitrogens with zero attached hydrogens (tertiary/aromatic N) is 3. The number of aromatic nitrogens is 3. The molecule has 20 heteroatoms. The first-order valence-corrected chi connectivity index (χ1v) is 26.1. The fraction of sp³-hybridized carbons (Fsp3) is 0.222. The molecule has 0 unspecified atom stereocenters. The van der Waals surface area contributed by atoms with Crippen molar-refractivity contribution >= 4 is 69.3 Å². The fourth-order valence-corrected chi connectivity index (χ4v) is 10.1. The Morgan fingerprint density at radius 3 is 1.28 bits per heavy atom. The second kappa shape index (κ2) is 29.9. The van der Waals surface area contributed by atoms with Gasteiger partial charge in [0, 0.05) is 61.4 Å². The number of nitrogens with two attached hydrogens (primary N) is 3. The molecule has 0 bridgehead atoms. The molecule has 3 aromatic carbocycles. The number of nitrogens with one attached hydrogen (secondary N) is 2.